The Hall–Kier alpha value is -7.22. The Bertz CT molecular complexity index is 2900. The number of hydrogen-bond donors (Lipinski definition) is 0. The first-order valence-electron chi connectivity index (χ1n) is 18.9. The summed E-state index contributed by atoms with van der Waals surface area (Å²) < 4.78 is 0. The number of anilines is 3. The van der Waals surface area contributed by atoms with Crippen LogP contribution in [-0.2, 0) is 0 Å². The predicted octanol–water partition coefficient (Wildman–Crippen LogP) is 15.3. The monoisotopic (exact) mass is 699 g/mol. The summed E-state index contributed by atoms with van der Waals surface area (Å²) in [5, 5.41) is 7.39. The summed E-state index contributed by atoms with van der Waals surface area (Å²) in [6.45, 7) is 0. The van der Waals surface area contributed by atoms with Crippen molar-refractivity contribution < 1.29 is 0 Å². The van der Waals surface area contributed by atoms with Crippen molar-refractivity contribution in [1.29, 1.82) is 0 Å². The molecule has 0 amide bonds. The van der Waals surface area contributed by atoms with Crippen molar-refractivity contribution in [2.75, 3.05) is 4.90 Å². The largest absolute Gasteiger partial charge is 0.310 e. The summed E-state index contributed by atoms with van der Waals surface area (Å²) in [6.07, 6.45) is 0. The third-order valence-corrected chi connectivity index (χ3v) is 10.8. The molecule has 10 rings (SSSR count). The van der Waals surface area contributed by atoms with Crippen LogP contribution in [0.3, 0.4) is 0 Å². The van der Waals surface area contributed by atoms with E-state index in [0.717, 1.165) is 17.1 Å². The van der Waals surface area contributed by atoms with Crippen LogP contribution >= 0.6 is 0 Å². The molecule has 0 atom stereocenters. The summed E-state index contributed by atoms with van der Waals surface area (Å²) in [5.74, 6) is 0. The highest BCUT2D eigenvalue weighted by atomic mass is 15.1. The molecule has 0 spiro atoms. The maximum atomic E-state index is 2.44. The van der Waals surface area contributed by atoms with Gasteiger partial charge in [0.25, 0.3) is 0 Å². The Kier molecular flexibility index (Phi) is 8.24. The first-order valence-corrected chi connectivity index (χ1v) is 18.9. The highest BCUT2D eigenvalue weighted by Gasteiger charge is 2.21. The van der Waals surface area contributed by atoms with Crippen LogP contribution < -0.4 is 4.90 Å². The van der Waals surface area contributed by atoms with Crippen LogP contribution in [0, 0.1) is 0 Å². The van der Waals surface area contributed by atoms with Gasteiger partial charge in [0.15, 0.2) is 0 Å². The van der Waals surface area contributed by atoms with Crippen molar-refractivity contribution in [3.05, 3.63) is 224 Å². The van der Waals surface area contributed by atoms with E-state index in [4.69, 9.17) is 0 Å². The third kappa shape index (κ3) is 5.93. The zero-order valence-corrected chi connectivity index (χ0v) is 30.3. The van der Waals surface area contributed by atoms with Gasteiger partial charge in [-0.2, -0.15) is 0 Å². The number of para-hydroxylation sites is 2. The van der Waals surface area contributed by atoms with E-state index in [2.05, 4.69) is 229 Å². The van der Waals surface area contributed by atoms with Gasteiger partial charge in [0.2, 0.25) is 0 Å². The second kappa shape index (κ2) is 14.0. The van der Waals surface area contributed by atoms with Crippen LogP contribution in [0.4, 0.5) is 17.1 Å². The fourth-order valence-electron chi connectivity index (χ4n) is 8.28. The van der Waals surface area contributed by atoms with E-state index in [1.54, 1.807) is 0 Å². The second-order valence-electron chi connectivity index (χ2n) is 14.1. The van der Waals surface area contributed by atoms with E-state index in [1.165, 1.54) is 76.8 Å². The van der Waals surface area contributed by atoms with Crippen LogP contribution in [0.1, 0.15) is 0 Å². The van der Waals surface area contributed by atoms with Gasteiger partial charge in [-0.1, -0.05) is 170 Å². The van der Waals surface area contributed by atoms with Crippen molar-refractivity contribution in [2.45, 2.75) is 0 Å². The van der Waals surface area contributed by atoms with Crippen molar-refractivity contribution in [3.8, 4) is 44.5 Å². The molecule has 0 radical (unpaired) electrons. The summed E-state index contributed by atoms with van der Waals surface area (Å²) in [5.41, 5.74) is 13.1. The van der Waals surface area contributed by atoms with Crippen molar-refractivity contribution in [1.82, 2.24) is 0 Å². The SMILES string of the molecule is c1ccc(-c2cc3ccccc3cc2-c2ccc3c(c2)c(-c2ccccc2)c(-c2ccccc2)c2cc(N(c4ccccc4)c4ccccc4)ccc23)cc1. The van der Waals surface area contributed by atoms with Gasteiger partial charge < -0.3 is 4.90 Å². The normalized spacial score (nSPS) is 11.3. The second-order valence-corrected chi connectivity index (χ2v) is 14.1. The lowest BCUT2D eigenvalue weighted by atomic mass is 9.83. The lowest BCUT2D eigenvalue weighted by molar-refractivity contribution is 1.29. The van der Waals surface area contributed by atoms with Crippen molar-refractivity contribution in [3.63, 3.8) is 0 Å². The van der Waals surface area contributed by atoms with Gasteiger partial charge in [0.05, 0.1) is 0 Å². The summed E-state index contributed by atoms with van der Waals surface area (Å²) in [4.78, 5) is 2.36. The first-order chi connectivity index (χ1) is 27.3. The average molecular weight is 700 g/mol. The van der Waals surface area contributed by atoms with Crippen molar-refractivity contribution in [2.24, 2.45) is 0 Å². The van der Waals surface area contributed by atoms with E-state index in [-0.39, 0.29) is 0 Å². The molecule has 258 valence electrons. The number of nitrogens with zero attached hydrogens (tertiary/aromatic N) is 1. The van der Waals surface area contributed by atoms with E-state index >= 15 is 0 Å². The number of fused-ring (bicyclic) bond motifs is 4. The van der Waals surface area contributed by atoms with Crippen LogP contribution in [0.15, 0.2) is 224 Å². The molecule has 0 unspecified atom stereocenters. The molecule has 1 nitrogen and oxygen atoms in total. The molecular weight excluding hydrogens is 663 g/mol. The molecule has 0 bridgehead atoms. The van der Waals surface area contributed by atoms with Crippen LogP contribution in [0.25, 0.3) is 76.8 Å². The molecule has 0 fully saturated rings. The summed E-state index contributed by atoms with van der Waals surface area (Å²) in [7, 11) is 0. The summed E-state index contributed by atoms with van der Waals surface area (Å²) in [6, 6.07) is 81.5. The van der Waals surface area contributed by atoms with Gasteiger partial charge in [-0.25, -0.2) is 0 Å². The lowest BCUT2D eigenvalue weighted by Crippen LogP contribution is -2.09. The molecule has 10 aromatic rings. The topological polar surface area (TPSA) is 3.24 Å². The fourth-order valence-corrected chi connectivity index (χ4v) is 8.28. The quantitative estimate of drug-likeness (QED) is 0.150. The van der Waals surface area contributed by atoms with Crippen LogP contribution in [0.2, 0.25) is 0 Å². The molecule has 0 N–H and O–H groups in total. The fraction of sp³-hybridized carbons (Fsp3) is 0. The molecule has 1 heteroatoms. The highest BCUT2D eigenvalue weighted by Crippen LogP contribution is 2.48. The maximum Gasteiger partial charge on any atom is 0.0468 e. The van der Waals surface area contributed by atoms with E-state index in [1.807, 2.05) is 0 Å². The van der Waals surface area contributed by atoms with Gasteiger partial charge in [-0.05, 0) is 131 Å². The standard InChI is InChI=1S/C54H37N/c1-6-18-38(19-7-1)49-34-41-24-16-17-25-42(41)35-50(49)43-30-32-47-48-33-31-46(55(44-26-12-4-13-27-44)45-28-14-5-15-29-45)37-52(48)54(40-22-10-3-11-23-40)53(51(47)36-43)39-20-8-2-9-21-39/h1-37H. The minimum atomic E-state index is 1.11. The van der Waals surface area contributed by atoms with E-state index in [9.17, 15) is 0 Å². The van der Waals surface area contributed by atoms with Gasteiger partial charge >= 0.3 is 0 Å². The average Bonchev–Trinajstić information content (AvgIpc) is 3.27. The predicted molar refractivity (Wildman–Crippen MR) is 235 cm³/mol. The zero-order valence-electron chi connectivity index (χ0n) is 30.3. The number of benzene rings is 10. The van der Waals surface area contributed by atoms with Gasteiger partial charge in [-0.15, -0.1) is 0 Å². The molecular formula is C54H37N. The third-order valence-electron chi connectivity index (χ3n) is 10.8. The molecule has 0 saturated heterocycles. The molecule has 10 aromatic carbocycles. The molecule has 55 heavy (non-hydrogen) atoms. The Labute approximate surface area is 322 Å². The number of hydrogen-bond acceptors (Lipinski definition) is 1. The smallest absolute Gasteiger partial charge is 0.0468 e. The van der Waals surface area contributed by atoms with Crippen molar-refractivity contribution >= 4 is 49.4 Å². The molecule has 0 saturated carbocycles. The van der Waals surface area contributed by atoms with Gasteiger partial charge in [0.1, 0.15) is 0 Å². The Morgan fingerprint density at radius 1 is 0.236 bits per heavy atom. The Morgan fingerprint density at radius 2 is 0.636 bits per heavy atom. The minimum absolute atomic E-state index is 1.11. The molecule has 0 aliphatic carbocycles. The Morgan fingerprint density at radius 3 is 1.15 bits per heavy atom. The van der Waals surface area contributed by atoms with Gasteiger partial charge in [0, 0.05) is 17.1 Å². The zero-order chi connectivity index (χ0) is 36.6. The maximum absolute atomic E-state index is 2.44. The first kappa shape index (κ1) is 32.4. The molecule has 0 aliphatic rings. The molecule has 0 heterocycles. The molecule has 0 aliphatic heterocycles. The van der Waals surface area contributed by atoms with E-state index < -0.39 is 0 Å². The Balaban J connectivity index is 1.30. The van der Waals surface area contributed by atoms with E-state index in [0.29, 0.717) is 0 Å². The molecule has 0 aromatic heterocycles. The highest BCUT2D eigenvalue weighted by molar-refractivity contribution is 6.23. The van der Waals surface area contributed by atoms with Gasteiger partial charge in [-0.3, -0.25) is 0 Å². The number of rotatable bonds is 7. The van der Waals surface area contributed by atoms with Crippen LogP contribution in [0.5, 0.6) is 0 Å². The van der Waals surface area contributed by atoms with Crippen LogP contribution in [-0.4, -0.2) is 0 Å². The lowest BCUT2D eigenvalue weighted by Gasteiger charge is -2.27. The summed E-state index contributed by atoms with van der Waals surface area (Å²) >= 11 is 0. The minimum Gasteiger partial charge on any atom is -0.310 e.